The summed E-state index contributed by atoms with van der Waals surface area (Å²) >= 11 is 0. The topological polar surface area (TPSA) is 159 Å². The zero-order valence-corrected chi connectivity index (χ0v) is 19.7. The molecule has 2 rings (SSSR count). The molecule has 4 N–H and O–H groups in total. The maximum absolute atomic E-state index is 10.5. The number of carboxylic acid groups (broad SMARTS) is 2. The standard InChI is InChI=1S/C10H18O4.2C7H8N2O/c11-9(12)7-5-3-1-2-4-6-8-10(13)14;2*1-6(10)9-7-4-2-3-5-8-7/h1-8H2,(H,11,12)(H,13,14);2*2-5H,1H3,(H,8,9,10). The van der Waals surface area contributed by atoms with E-state index in [4.69, 9.17) is 10.2 Å². The minimum absolute atomic E-state index is 0.0984. The molecule has 0 radical (unpaired) electrons. The Kier molecular flexibility index (Phi) is 17.6. The van der Waals surface area contributed by atoms with Gasteiger partial charge in [-0.3, -0.25) is 19.2 Å². The van der Waals surface area contributed by atoms with E-state index in [9.17, 15) is 19.2 Å². The number of amides is 2. The van der Waals surface area contributed by atoms with Crippen LogP contribution in [0.2, 0.25) is 0 Å². The van der Waals surface area contributed by atoms with Crippen LogP contribution in [0.3, 0.4) is 0 Å². The quantitative estimate of drug-likeness (QED) is 0.350. The Labute approximate surface area is 199 Å². The molecule has 0 fully saturated rings. The zero-order valence-electron chi connectivity index (χ0n) is 19.7. The average Bonchev–Trinajstić information content (AvgIpc) is 2.77. The highest BCUT2D eigenvalue weighted by atomic mass is 16.4. The van der Waals surface area contributed by atoms with E-state index >= 15 is 0 Å². The van der Waals surface area contributed by atoms with Crippen LogP contribution in [-0.2, 0) is 19.2 Å². The van der Waals surface area contributed by atoms with Crippen molar-refractivity contribution in [3.05, 3.63) is 48.8 Å². The Hall–Kier alpha value is -3.82. The average molecular weight is 475 g/mol. The number of nitrogens with zero attached hydrogens (tertiary/aromatic N) is 2. The van der Waals surface area contributed by atoms with E-state index in [1.165, 1.54) is 13.8 Å². The van der Waals surface area contributed by atoms with Crippen LogP contribution in [0.5, 0.6) is 0 Å². The molecule has 0 atom stereocenters. The van der Waals surface area contributed by atoms with Crippen LogP contribution in [0.25, 0.3) is 0 Å². The Morgan fingerprint density at radius 1 is 0.647 bits per heavy atom. The van der Waals surface area contributed by atoms with Crippen molar-refractivity contribution in [2.45, 2.75) is 65.2 Å². The molecule has 186 valence electrons. The van der Waals surface area contributed by atoms with Gasteiger partial charge < -0.3 is 20.8 Å². The summed E-state index contributed by atoms with van der Waals surface area (Å²) < 4.78 is 0. The summed E-state index contributed by atoms with van der Waals surface area (Å²) in [6.07, 6.45) is 9.09. The van der Waals surface area contributed by atoms with Gasteiger partial charge >= 0.3 is 11.9 Å². The molecule has 0 saturated heterocycles. The predicted molar refractivity (Wildman–Crippen MR) is 129 cm³/mol. The lowest BCUT2D eigenvalue weighted by Gasteiger charge is -1.98. The molecule has 34 heavy (non-hydrogen) atoms. The van der Waals surface area contributed by atoms with Crippen LogP contribution < -0.4 is 10.6 Å². The number of aromatic nitrogens is 2. The molecule has 0 aromatic carbocycles. The monoisotopic (exact) mass is 474 g/mol. The zero-order chi connectivity index (χ0) is 25.6. The molecular formula is C24H34N4O6. The number of nitrogens with one attached hydrogen (secondary N) is 2. The Balaban J connectivity index is 0.000000489. The third kappa shape index (κ3) is 21.4. The van der Waals surface area contributed by atoms with Crippen molar-refractivity contribution in [1.29, 1.82) is 0 Å². The highest BCUT2D eigenvalue weighted by Gasteiger charge is 1.98. The van der Waals surface area contributed by atoms with Gasteiger partial charge in [0.15, 0.2) is 0 Å². The first-order valence-electron chi connectivity index (χ1n) is 11.0. The van der Waals surface area contributed by atoms with E-state index in [1.807, 2.05) is 12.1 Å². The molecule has 0 saturated carbocycles. The molecule has 2 aromatic heterocycles. The first-order chi connectivity index (χ1) is 16.2. The highest BCUT2D eigenvalue weighted by molar-refractivity contribution is 5.87. The largest absolute Gasteiger partial charge is 0.481 e. The first kappa shape index (κ1) is 30.2. The maximum atomic E-state index is 10.5. The molecule has 0 aliphatic carbocycles. The van der Waals surface area contributed by atoms with Crippen molar-refractivity contribution in [2.24, 2.45) is 0 Å². The Morgan fingerprint density at radius 2 is 1.00 bits per heavy atom. The van der Waals surface area contributed by atoms with Crippen LogP contribution in [-0.4, -0.2) is 43.9 Å². The summed E-state index contributed by atoms with van der Waals surface area (Å²) in [5.74, 6) is -0.492. The van der Waals surface area contributed by atoms with E-state index in [2.05, 4.69) is 20.6 Å². The van der Waals surface area contributed by atoms with E-state index in [0.29, 0.717) is 11.6 Å². The van der Waals surface area contributed by atoms with Gasteiger partial charge in [0, 0.05) is 39.1 Å². The number of unbranched alkanes of at least 4 members (excludes halogenated alkanes) is 5. The Bertz CT molecular complexity index is 776. The summed E-state index contributed by atoms with van der Waals surface area (Å²) in [6, 6.07) is 10.7. The van der Waals surface area contributed by atoms with Gasteiger partial charge in [-0.15, -0.1) is 0 Å². The highest BCUT2D eigenvalue weighted by Crippen LogP contribution is 2.08. The molecule has 0 aliphatic heterocycles. The summed E-state index contributed by atoms with van der Waals surface area (Å²) in [6.45, 7) is 2.91. The van der Waals surface area contributed by atoms with E-state index in [-0.39, 0.29) is 24.7 Å². The van der Waals surface area contributed by atoms with Gasteiger partial charge in [0.1, 0.15) is 11.6 Å². The second-order valence-electron chi connectivity index (χ2n) is 7.20. The van der Waals surface area contributed by atoms with Crippen LogP contribution in [0.15, 0.2) is 48.8 Å². The lowest BCUT2D eigenvalue weighted by Crippen LogP contribution is -2.06. The number of carbonyl (C=O) groups excluding carboxylic acids is 2. The van der Waals surface area contributed by atoms with Gasteiger partial charge in [-0.1, -0.05) is 37.8 Å². The van der Waals surface area contributed by atoms with Crippen LogP contribution in [0.1, 0.15) is 65.2 Å². The third-order valence-corrected chi connectivity index (χ3v) is 3.97. The lowest BCUT2D eigenvalue weighted by atomic mass is 10.1. The molecule has 2 heterocycles. The number of aliphatic carboxylic acids is 2. The predicted octanol–water partition coefficient (Wildman–Crippen LogP) is 4.36. The summed E-state index contributed by atoms with van der Waals surface area (Å²) in [4.78, 5) is 49.0. The van der Waals surface area contributed by atoms with Gasteiger partial charge in [0.05, 0.1) is 0 Å². The smallest absolute Gasteiger partial charge is 0.303 e. The SMILES string of the molecule is CC(=O)Nc1ccccn1.CC(=O)Nc1ccccn1.O=C(O)CCCCCCCCC(=O)O. The molecule has 0 aliphatic rings. The fraction of sp³-hybridized carbons (Fsp3) is 0.417. The minimum atomic E-state index is -0.740. The van der Waals surface area contributed by atoms with Gasteiger partial charge in [0.25, 0.3) is 0 Å². The van der Waals surface area contributed by atoms with Gasteiger partial charge in [-0.25, -0.2) is 9.97 Å². The minimum Gasteiger partial charge on any atom is -0.481 e. The summed E-state index contributed by atoms with van der Waals surface area (Å²) in [7, 11) is 0. The number of carbonyl (C=O) groups is 4. The van der Waals surface area contributed by atoms with Crippen LogP contribution in [0, 0.1) is 0 Å². The van der Waals surface area contributed by atoms with Crippen molar-refractivity contribution >= 4 is 35.4 Å². The van der Waals surface area contributed by atoms with Crippen molar-refractivity contribution in [1.82, 2.24) is 9.97 Å². The second-order valence-corrected chi connectivity index (χ2v) is 7.20. The fourth-order valence-corrected chi connectivity index (χ4v) is 2.49. The number of carboxylic acids is 2. The molecule has 0 unspecified atom stereocenters. The molecule has 0 spiro atoms. The summed E-state index contributed by atoms with van der Waals surface area (Å²) in [5.41, 5.74) is 0. The molecule has 2 aromatic rings. The van der Waals surface area contributed by atoms with Gasteiger partial charge in [0.2, 0.25) is 11.8 Å². The molecule has 10 nitrogen and oxygen atoms in total. The number of rotatable bonds is 11. The molecule has 0 bridgehead atoms. The maximum Gasteiger partial charge on any atom is 0.303 e. The number of hydrogen-bond acceptors (Lipinski definition) is 6. The van der Waals surface area contributed by atoms with E-state index < -0.39 is 11.9 Å². The third-order valence-electron chi connectivity index (χ3n) is 3.97. The summed E-state index contributed by atoms with van der Waals surface area (Å²) in [5, 5.41) is 21.8. The normalized spacial score (nSPS) is 9.35. The molecule has 2 amide bonds. The number of anilines is 2. The van der Waals surface area contributed by atoms with Crippen molar-refractivity contribution in [3.63, 3.8) is 0 Å². The van der Waals surface area contributed by atoms with Crippen LogP contribution in [0.4, 0.5) is 11.6 Å². The fourth-order valence-electron chi connectivity index (χ4n) is 2.49. The van der Waals surface area contributed by atoms with Gasteiger partial charge in [-0.05, 0) is 37.1 Å². The number of hydrogen-bond donors (Lipinski definition) is 4. The van der Waals surface area contributed by atoms with Gasteiger partial charge in [-0.2, -0.15) is 0 Å². The number of pyridine rings is 2. The van der Waals surface area contributed by atoms with Crippen molar-refractivity contribution in [3.8, 4) is 0 Å². The van der Waals surface area contributed by atoms with Crippen molar-refractivity contribution in [2.75, 3.05) is 10.6 Å². The first-order valence-corrected chi connectivity index (χ1v) is 11.0. The second kappa shape index (κ2) is 19.8. The lowest BCUT2D eigenvalue weighted by molar-refractivity contribution is -0.138. The van der Waals surface area contributed by atoms with E-state index in [0.717, 1.165) is 38.5 Å². The molecule has 10 heteroatoms. The van der Waals surface area contributed by atoms with E-state index in [1.54, 1.807) is 36.7 Å². The van der Waals surface area contributed by atoms with Crippen LogP contribution >= 0.6 is 0 Å². The molecular weight excluding hydrogens is 440 g/mol. The Morgan fingerprint density at radius 3 is 1.26 bits per heavy atom. The van der Waals surface area contributed by atoms with Crippen molar-refractivity contribution < 1.29 is 29.4 Å².